The van der Waals surface area contributed by atoms with Crippen molar-refractivity contribution in [2.45, 2.75) is 25.8 Å². The Morgan fingerprint density at radius 1 is 1.14 bits per heavy atom. The molecule has 1 aliphatic heterocycles. The Balaban J connectivity index is 1.74. The van der Waals surface area contributed by atoms with Crippen molar-refractivity contribution >= 4 is 23.4 Å². The van der Waals surface area contributed by atoms with E-state index < -0.39 is 23.7 Å². The maximum Gasteiger partial charge on any atom is 0.257 e. The number of rotatable bonds is 6. The molecule has 0 saturated carbocycles. The van der Waals surface area contributed by atoms with E-state index in [1.807, 2.05) is 24.3 Å². The topological polar surface area (TPSA) is 66.9 Å². The highest BCUT2D eigenvalue weighted by Gasteiger charge is 2.43. The van der Waals surface area contributed by atoms with E-state index in [0.29, 0.717) is 18.7 Å². The Morgan fingerprint density at radius 3 is 2.36 bits per heavy atom. The third-order valence-electron chi connectivity index (χ3n) is 4.79. The monoisotopic (exact) mass is 384 g/mol. The second-order valence-electron chi connectivity index (χ2n) is 6.57. The predicted octanol–water partition coefficient (Wildman–Crippen LogP) is 2.56. The lowest BCUT2D eigenvalue weighted by Crippen LogP contribution is -2.45. The molecule has 1 aliphatic rings. The van der Waals surface area contributed by atoms with E-state index in [-0.39, 0.29) is 12.3 Å². The Hall–Kier alpha value is -3.22. The van der Waals surface area contributed by atoms with Crippen LogP contribution in [-0.4, -0.2) is 42.3 Å². The van der Waals surface area contributed by atoms with E-state index in [0.717, 1.165) is 16.2 Å². The molecule has 1 atom stereocenters. The zero-order valence-electron chi connectivity index (χ0n) is 15.7. The van der Waals surface area contributed by atoms with Crippen LogP contribution in [0.2, 0.25) is 0 Å². The first-order chi connectivity index (χ1) is 13.4. The van der Waals surface area contributed by atoms with Crippen LogP contribution < -0.4 is 9.64 Å². The van der Waals surface area contributed by atoms with Gasteiger partial charge in [0.05, 0.1) is 19.2 Å². The van der Waals surface area contributed by atoms with Gasteiger partial charge in [0.2, 0.25) is 11.8 Å². The van der Waals surface area contributed by atoms with Gasteiger partial charge in [0, 0.05) is 13.5 Å². The van der Waals surface area contributed by atoms with Crippen LogP contribution in [0.5, 0.6) is 5.75 Å². The van der Waals surface area contributed by atoms with E-state index >= 15 is 0 Å². The molecule has 2 aromatic rings. The number of hydrogen-bond donors (Lipinski definition) is 0. The van der Waals surface area contributed by atoms with Crippen LogP contribution in [0, 0.1) is 5.82 Å². The molecule has 0 spiro atoms. The Labute approximate surface area is 162 Å². The second kappa shape index (κ2) is 8.21. The number of amides is 3. The maximum atomic E-state index is 13.1. The van der Waals surface area contributed by atoms with Gasteiger partial charge in [0.25, 0.3) is 5.91 Å². The normalized spacial score (nSPS) is 16.4. The van der Waals surface area contributed by atoms with Crippen molar-refractivity contribution in [3.8, 4) is 5.75 Å². The SMILES string of the molecule is COc1ccc(CCN(C(C)=O)[C@@H]2CC(=O)N(c3ccc(F)cc3)C2=O)cc1. The minimum Gasteiger partial charge on any atom is -0.497 e. The van der Waals surface area contributed by atoms with Crippen molar-refractivity contribution in [3.05, 3.63) is 59.9 Å². The predicted molar refractivity (Wildman–Crippen MR) is 101 cm³/mol. The van der Waals surface area contributed by atoms with Crippen LogP contribution in [0.4, 0.5) is 10.1 Å². The van der Waals surface area contributed by atoms with E-state index in [1.165, 1.54) is 36.1 Å². The van der Waals surface area contributed by atoms with Gasteiger partial charge in [-0.3, -0.25) is 14.4 Å². The van der Waals surface area contributed by atoms with Gasteiger partial charge in [-0.15, -0.1) is 0 Å². The number of methoxy groups -OCH3 is 1. The van der Waals surface area contributed by atoms with Gasteiger partial charge in [-0.2, -0.15) is 0 Å². The van der Waals surface area contributed by atoms with Gasteiger partial charge in [0.1, 0.15) is 17.6 Å². The van der Waals surface area contributed by atoms with Crippen molar-refractivity contribution in [1.82, 2.24) is 4.90 Å². The summed E-state index contributed by atoms with van der Waals surface area (Å²) in [6.45, 7) is 1.69. The van der Waals surface area contributed by atoms with Gasteiger partial charge in [-0.1, -0.05) is 12.1 Å². The molecule has 1 heterocycles. The molecule has 2 aromatic carbocycles. The lowest BCUT2D eigenvalue weighted by Gasteiger charge is -2.26. The summed E-state index contributed by atoms with van der Waals surface area (Å²) in [5.41, 5.74) is 1.29. The first kappa shape index (κ1) is 19.5. The Morgan fingerprint density at radius 2 is 1.79 bits per heavy atom. The highest BCUT2D eigenvalue weighted by molar-refractivity contribution is 6.22. The van der Waals surface area contributed by atoms with E-state index in [9.17, 15) is 18.8 Å². The summed E-state index contributed by atoms with van der Waals surface area (Å²) in [5.74, 6) is -0.873. The number of carbonyl (C=O) groups excluding carboxylic acids is 3. The molecule has 6 nitrogen and oxygen atoms in total. The fraction of sp³-hybridized carbons (Fsp3) is 0.286. The molecule has 0 aromatic heterocycles. The van der Waals surface area contributed by atoms with Crippen molar-refractivity contribution in [2.75, 3.05) is 18.6 Å². The largest absolute Gasteiger partial charge is 0.497 e. The molecule has 3 rings (SSSR count). The average molecular weight is 384 g/mol. The summed E-state index contributed by atoms with van der Waals surface area (Å²) in [6, 6.07) is 11.7. The number of hydrogen-bond acceptors (Lipinski definition) is 4. The van der Waals surface area contributed by atoms with Gasteiger partial charge >= 0.3 is 0 Å². The van der Waals surface area contributed by atoms with Crippen molar-refractivity contribution in [1.29, 1.82) is 0 Å². The van der Waals surface area contributed by atoms with Crippen molar-refractivity contribution < 1.29 is 23.5 Å². The third-order valence-corrected chi connectivity index (χ3v) is 4.79. The molecule has 0 bridgehead atoms. The van der Waals surface area contributed by atoms with Crippen LogP contribution in [0.25, 0.3) is 0 Å². The molecule has 0 aliphatic carbocycles. The molecular formula is C21H21FN2O4. The number of imide groups is 1. The molecule has 1 saturated heterocycles. The minimum atomic E-state index is -0.853. The summed E-state index contributed by atoms with van der Waals surface area (Å²) in [7, 11) is 1.59. The lowest BCUT2D eigenvalue weighted by atomic mass is 10.1. The lowest BCUT2D eigenvalue weighted by molar-refractivity contribution is -0.136. The van der Waals surface area contributed by atoms with E-state index in [2.05, 4.69) is 0 Å². The van der Waals surface area contributed by atoms with Crippen LogP contribution in [0.15, 0.2) is 48.5 Å². The van der Waals surface area contributed by atoms with Crippen LogP contribution in [-0.2, 0) is 20.8 Å². The number of halogens is 1. The third kappa shape index (κ3) is 4.03. The standard InChI is InChI=1S/C21H21FN2O4/c1-14(25)23(12-11-15-3-9-18(28-2)10-4-15)19-13-20(26)24(21(19)27)17-7-5-16(22)6-8-17/h3-10,19H,11-13H2,1-2H3/t19-/m1/s1. The molecular weight excluding hydrogens is 363 g/mol. The number of carbonyl (C=O) groups is 3. The molecule has 0 unspecified atom stereocenters. The van der Waals surface area contributed by atoms with Crippen LogP contribution in [0.1, 0.15) is 18.9 Å². The zero-order valence-corrected chi connectivity index (χ0v) is 15.7. The van der Waals surface area contributed by atoms with Crippen molar-refractivity contribution in [3.63, 3.8) is 0 Å². The van der Waals surface area contributed by atoms with E-state index in [4.69, 9.17) is 4.74 Å². The highest BCUT2D eigenvalue weighted by atomic mass is 19.1. The molecule has 146 valence electrons. The smallest absolute Gasteiger partial charge is 0.257 e. The molecule has 7 heteroatoms. The number of benzene rings is 2. The highest BCUT2D eigenvalue weighted by Crippen LogP contribution is 2.26. The molecule has 0 N–H and O–H groups in total. The molecule has 3 amide bonds. The summed E-state index contributed by atoms with van der Waals surface area (Å²) in [6.07, 6.45) is 0.455. The van der Waals surface area contributed by atoms with Gasteiger partial charge in [-0.25, -0.2) is 9.29 Å². The molecule has 0 radical (unpaired) electrons. The average Bonchev–Trinajstić information content (AvgIpc) is 2.97. The van der Waals surface area contributed by atoms with Crippen LogP contribution in [0.3, 0.4) is 0 Å². The summed E-state index contributed by atoms with van der Waals surface area (Å²) in [4.78, 5) is 39.9. The quantitative estimate of drug-likeness (QED) is 0.718. The number of anilines is 1. The first-order valence-electron chi connectivity index (χ1n) is 8.93. The molecule has 28 heavy (non-hydrogen) atoms. The van der Waals surface area contributed by atoms with Gasteiger partial charge in [0.15, 0.2) is 0 Å². The van der Waals surface area contributed by atoms with E-state index in [1.54, 1.807) is 7.11 Å². The van der Waals surface area contributed by atoms with Crippen molar-refractivity contribution in [2.24, 2.45) is 0 Å². The maximum absolute atomic E-state index is 13.1. The zero-order chi connectivity index (χ0) is 20.3. The fourth-order valence-electron chi connectivity index (χ4n) is 3.30. The second-order valence-corrected chi connectivity index (χ2v) is 6.57. The van der Waals surface area contributed by atoms with Crippen LogP contribution >= 0.6 is 0 Å². The van der Waals surface area contributed by atoms with Gasteiger partial charge < -0.3 is 9.64 Å². The summed E-state index contributed by atoms with van der Waals surface area (Å²) in [5, 5.41) is 0. The Bertz CT molecular complexity index is 880. The number of nitrogens with zero attached hydrogens (tertiary/aromatic N) is 2. The number of ether oxygens (including phenoxy) is 1. The minimum absolute atomic E-state index is 0.0849. The molecule has 1 fully saturated rings. The summed E-state index contributed by atoms with van der Waals surface area (Å²) >= 11 is 0. The van der Waals surface area contributed by atoms with Gasteiger partial charge in [-0.05, 0) is 48.4 Å². The fourth-order valence-corrected chi connectivity index (χ4v) is 3.30. The first-order valence-corrected chi connectivity index (χ1v) is 8.93. The summed E-state index contributed by atoms with van der Waals surface area (Å²) < 4.78 is 18.3. The Kier molecular flexibility index (Phi) is 5.73.